The second-order valence-electron chi connectivity index (χ2n) is 7.14. The molecule has 160 valence electrons. The second-order valence-corrected chi connectivity index (χ2v) is 8.15. The van der Waals surface area contributed by atoms with Gasteiger partial charge in [-0.1, -0.05) is 47.7 Å². The van der Waals surface area contributed by atoms with Crippen LogP contribution in [-0.4, -0.2) is 14.6 Å². The van der Waals surface area contributed by atoms with Crippen molar-refractivity contribution >= 4 is 22.4 Å². The van der Waals surface area contributed by atoms with Crippen LogP contribution in [0, 0.1) is 6.92 Å². The lowest BCUT2D eigenvalue weighted by Gasteiger charge is -2.07. The van der Waals surface area contributed by atoms with Gasteiger partial charge >= 0.3 is 6.18 Å². The topological polar surface area (TPSA) is 60.4 Å². The molecule has 9 heteroatoms. The number of aryl methyl sites for hydroxylation is 1. The van der Waals surface area contributed by atoms with Crippen LogP contribution in [0.4, 0.5) is 13.2 Å². The first-order valence-electron chi connectivity index (χ1n) is 9.54. The van der Waals surface area contributed by atoms with Gasteiger partial charge in [-0.2, -0.15) is 22.7 Å². The SMILES string of the molecule is Cc1ccccc1-c1nc2s/c(=C\c3ccc(-c4cccc(C(F)(F)F)c4)o3)c(=O)n2n1. The van der Waals surface area contributed by atoms with Gasteiger partial charge in [0.2, 0.25) is 4.96 Å². The Labute approximate surface area is 183 Å². The first kappa shape index (κ1) is 20.2. The largest absolute Gasteiger partial charge is 0.457 e. The number of halogens is 3. The van der Waals surface area contributed by atoms with E-state index in [1.165, 1.54) is 22.7 Å². The Balaban J connectivity index is 1.50. The van der Waals surface area contributed by atoms with E-state index in [4.69, 9.17) is 4.42 Å². The van der Waals surface area contributed by atoms with Crippen molar-refractivity contribution in [2.24, 2.45) is 0 Å². The molecule has 0 unspecified atom stereocenters. The zero-order chi connectivity index (χ0) is 22.5. The van der Waals surface area contributed by atoms with Crippen LogP contribution in [0.2, 0.25) is 0 Å². The van der Waals surface area contributed by atoms with Crippen molar-refractivity contribution in [1.29, 1.82) is 0 Å². The third-order valence-corrected chi connectivity index (χ3v) is 5.90. The van der Waals surface area contributed by atoms with Crippen molar-refractivity contribution in [3.8, 4) is 22.7 Å². The van der Waals surface area contributed by atoms with Crippen molar-refractivity contribution in [2.45, 2.75) is 13.1 Å². The summed E-state index contributed by atoms with van der Waals surface area (Å²) in [6.07, 6.45) is -2.90. The number of benzene rings is 2. The van der Waals surface area contributed by atoms with Crippen LogP contribution in [0.3, 0.4) is 0 Å². The van der Waals surface area contributed by atoms with Gasteiger partial charge in [0.05, 0.1) is 5.56 Å². The zero-order valence-electron chi connectivity index (χ0n) is 16.6. The molecule has 0 N–H and O–H groups in total. The molecule has 0 atom stereocenters. The molecule has 0 fully saturated rings. The molecule has 32 heavy (non-hydrogen) atoms. The maximum absolute atomic E-state index is 13.0. The van der Waals surface area contributed by atoms with Crippen LogP contribution in [0.1, 0.15) is 16.9 Å². The lowest BCUT2D eigenvalue weighted by Crippen LogP contribution is -2.23. The first-order chi connectivity index (χ1) is 15.3. The maximum Gasteiger partial charge on any atom is 0.416 e. The molecule has 5 aromatic rings. The highest BCUT2D eigenvalue weighted by atomic mass is 32.1. The summed E-state index contributed by atoms with van der Waals surface area (Å²) >= 11 is 1.16. The van der Waals surface area contributed by atoms with Crippen LogP contribution in [0.5, 0.6) is 0 Å². The quantitative estimate of drug-likeness (QED) is 0.388. The van der Waals surface area contributed by atoms with Gasteiger partial charge in [0.15, 0.2) is 5.82 Å². The molecule has 0 aliphatic carbocycles. The summed E-state index contributed by atoms with van der Waals surface area (Å²) in [4.78, 5) is 17.7. The van der Waals surface area contributed by atoms with Gasteiger partial charge in [0, 0.05) is 17.2 Å². The minimum Gasteiger partial charge on any atom is -0.457 e. The van der Waals surface area contributed by atoms with Crippen LogP contribution < -0.4 is 10.1 Å². The molecule has 0 aliphatic rings. The number of furan rings is 1. The summed E-state index contributed by atoms with van der Waals surface area (Å²) in [5.74, 6) is 1.09. The van der Waals surface area contributed by atoms with Gasteiger partial charge in [-0.15, -0.1) is 5.10 Å². The molecular weight excluding hydrogens is 439 g/mol. The van der Waals surface area contributed by atoms with Crippen LogP contribution >= 0.6 is 11.3 Å². The fourth-order valence-electron chi connectivity index (χ4n) is 3.34. The number of hydrogen-bond donors (Lipinski definition) is 0. The molecule has 3 aromatic heterocycles. The highest BCUT2D eigenvalue weighted by Crippen LogP contribution is 2.32. The van der Waals surface area contributed by atoms with Crippen molar-refractivity contribution in [1.82, 2.24) is 14.6 Å². The van der Waals surface area contributed by atoms with E-state index in [1.807, 2.05) is 31.2 Å². The van der Waals surface area contributed by atoms with Crippen molar-refractivity contribution < 1.29 is 17.6 Å². The molecule has 2 aromatic carbocycles. The number of hydrogen-bond acceptors (Lipinski definition) is 5. The molecule has 0 bridgehead atoms. The van der Waals surface area contributed by atoms with E-state index in [0.717, 1.165) is 34.6 Å². The van der Waals surface area contributed by atoms with E-state index in [2.05, 4.69) is 10.1 Å². The maximum atomic E-state index is 13.0. The van der Waals surface area contributed by atoms with E-state index < -0.39 is 11.7 Å². The summed E-state index contributed by atoms with van der Waals surface area (Å²) in [6, 6.07) is 15.7. The Morgan fingerprint density at radius 1 is 1.06 bits per heavy atom. The van der Waals surface area contributed by atoms with Gasteiger partial charge in [0.1, 0.15) is 16.1 Å². The number of nitrogens with zero attached hydrogens (tertiary/aromatic N) is 3. The normalized spacial score (nSPS) is 12.7. The smallest absolute Gasteiger partial charge is 0.416 e. The van der Waals surface area contributed by atoms with E-state index in [0.29, 0.717) is 26.6 Å². The van der Waals surface area contributed by atoms with Crippen LogP contribution in [-0.2, 0) is 6.18 Å². The van der Waals surface area contributed by atoms with E-state index in [-0.39, 0.29) is 11.3 Å². The predicted octanol–water partition coefficient (Wildman–Crippen LogP) is 4.95. The average Bonchev–Trinajstić information content (AvgIpc) is 3.46. The van der Waals surface area contributed by atoms with Crippen molar-refractivity contribution in [2.75, 3.05) is 0 Å². The second kappa shape index (κ2) is 7.45. The predicted molar refractivity (Wildman–Crippen MR) is 115 cm³/mol. The Hall–Kier alpha value is -3.72. The first-order valence-corrected chi connectivity index (χ1v) is 10.4. The lowest BCUT2D eigenvalue weighted by molar-refractivity contribution is -0.137. The number of alkyl halides is 3. The molecule has 0 saturated carbocycles. The molecule has 0 spiro atoms. The minimum absolute atomic E-state index is 0.274. The third-order valence-electron chi connectivity index (χ3n) is 4.94. The molecule has 5 rings (SSSR count). The fourth-order valence-corrected chi connectivity index (χ4v) is 4.22. The average molecular weight is 453 g/mol. The minimum atomic E-state index is -4.44. The molecule has 5 nitrogen and oxygen atoms in total. The molecule has 0 aliphatic heterocycles. The summed E-state index contributed by atoms with van der Waals surface area (Å²) in [6.45, 7) is 1.95. The Kier molecular flexibility index (Phi) is 4.70. The number of aromatic nitrogens is 3. The monoisotopic (exact) mass is 453 g/mol. The lowest BCUT2D eigenvalue weighted by atomic mass is 10.1. The fraction of sp³-hybridized carbons (Fsp3) is 0.0870. The van der Waals surface area contributed by atoms with Gasteiger partial charge in [-0.3, -0.25) is 4.79 Å². The van der Waals surface area contributed by atoms with Crippen LogP contribution in [0.25, 0.3) is 33.7 Å². The Morgan fingerprint density at radius 3 is 2.62 bits per heavy atom. The van der Waals surface area contributed by atoms with E-state index >= 15 is 0 Å². The van der Waals surface area contributed by atoms with Gasteiger partial charge in [-0.25, -0.2) is 0 Å². The summed E-state index contributed by atoms with van der Waals surface area (Å²) in [5, 5.41) is 4.34. The standard InChI is InChI=1S/C23H14F3N3O2S/c1-13-5-2-3-8-17(13)20-27-22-29(28-20)21(30)19(32-22)12-16-9-10-18(31-16)14-6-4-7-15(11-14)23(24,25)26/h2-12H,1H3/b19-12-. The number of thiazole rings is 1. The van der Waals surface area contributed by atoms with Crippen molar-refractivity contribution in [3.63, 3.8) is 0 Å². The highest BCUT2D eigenvalue weighted by Gasteiger charge is 2.30. The van der Waals surface area contributed by atoms with Crippen LogP contribution in [0.15, 0.2) is 69.9 Å². The summed E-state index contributed by atoms with van der Waals surface area (Å²) in [5.41, 5.74) is 1.06. The van der Waals surface area contributed by atoms with E-state index in [1.54, 1.807) is 12.1 Å². The number of rotatable bonds is 3. The number of fused-ring (bicyclic) bond motifs is 1. The van der Waals surface area contributed by atoms with Gasteiger partial charge < -0.3 is 4.42 Å². The molecule has 3 heterocycles. The summed E-state index contributed by atoms with van der Waals surface area (Å²) in [7, 11) is 0. The molecule has 0 radical (unpaired) electrons. The third kappa shape index (κ3) is 3.60. The molecular formula is C23H14F3N3O2S. The van der Waals surface area contributed by atoms with Crippen molar-refractivity contribution in [3.05, 3.63) is 92.4 Å². The Bertz CT molecular complexity index is 1560. The van der Waals surface area contributed by atoms with Gasteiger partial charge in [0.25, 0.3) is 5.56 Å². The molecule has 0 saturated heterocycles. The van der Waals surface area contributed by atoms with E-state index in [9.17, 15) is 18.0 Å². The molecule has 0 amide bonds. The zero-order valence-corrected chi connectivity index (χ0v) is 17.4. The van der Waals surface area contributed by atoms with Gasteiger partial charge in [-0.05, 0) is 36.8 Å². The highest BCUT2D eigenvalue weighted by molar-refractivity contribution is 7.15. The summed E-state index contributed by atoms with van der Waals surface area (Å²) < 4.78 is 46.2. The Morgan fingerprint density at radius 2 is 1.88 bits per heavy atom.